The molecule has 1 atom stereocenters. The normalized spacial score (nSPS) is 17.1. The van der Waals surface area contributed by atoms with Crippen LogP contribution in [0, 0.1) is 5.92 Å². The summed E-state index contributed by atoms with van der Waals surface area (Å²) in [6.07, 6.45) is 10.1. The molecule has 6 aromatic carbocycles. The fraction of sp³-hybridized carbons (Fsp3) is 0.216. The first-order valence-corrected chi connectivity index (χ1v) is 19.2. The van der Waals surface area contributed by atoms with Gasteiger partial charge in [-0.2, -0.15) is 0 Å². The van der Waals surface area contributed by atoms with Crippen LogP contribution in [0.5, 0.6) is 0 Å². The van der Waals surface area contributed by atoms with Crippen LogP contribution in [0.1, 0.15) is 65.0 Å². The molecule has 0 amide bonds. The van der Waals surface area contributed by atoms with Crippen molar-refractivity contribution in [3.8, 4) is 22.3 Å². The largest absolute Gasteiger partial charge is 0.314 e. The van der Waals surface area contributed by atoms with Gasteiger partial charge in [0.15, 0.2) is 0 Å². The van der Waals surface area contributed by atoms with E-state index < -0.39 is 0 Å². The Labute approximate surface area is 316 Å². The quantitative estimate of drug-likeness (QED) is 0.157. The van der Waals surface area contributed by atoms with Crippen LogP contribution in [-0.2, 0) is 10.8 Å². The predicted octanol–water partition coefficient (Wildman–Crippen LogP) is 14.5. The number of hydrogen-bond acceptors (Lipinski definition) is 2. The molecule has 0 aromatic heterocycles. The van der Waals surface area contributed by atoms with E-state index in [-0.39, 0.29) is 10.8 Å². The lowest BCUT2D eigenvalue weighted by Gasteiger charge is -2.44. The topological polar surface area (TPSA) is 6.48 Å². The molecule has 2 aliphatic rings. The summed E-state index contributed by atoms with van der Waals surface area (Å²) >= 11 is 0. The van der Waals surface area contributed by atoms with E-state index in [9.17, 15) is 0 Å². The monoisotopic (exact) mass is 690 g/mol. The van der Waals surface area contributed by atoms with Gasteiger partial charge in [0, 0.05) is 34.4 Å². The zero-order valence-corrected chi connectivity index (χ0v) is 31.8. The zero-order chi connectivity index (χ0) is 36.6. The van der Waals surface area contributed by atoms with E-state index in [0.29, 0.717) is 5.92 Å². The first-order valence-electron chi connectivity index (χ1n) is 19.2. The molecule has 0 spiro atoms. The molecule has 0 heterocycles. The van der Waals surface area contributed by atoms with Gasteiger partial charge in [0.05, 0.1) is 5.69 Å². The molecule has 264 valence electrons. The number of allylic oxidation sites excluding steroid dienone is 4. The van der Waals surface area contributed by atoms with Gasteiger partial charge >= 0.3 is 0 Å². The van der Waals surface area contributed by atoms with E-state index in [2.05, 4.69) is 214 Å². The maximum atomic E-state index is 2.50. The highest BCUT2D eigenvalue weighted by atomic mass is 15.2. The highest BCUT2D eigenvalue weighted by molar-refractivity contribution is 5.84. The number of hydrogen-bond donors (Lipinski definition) is 0. The van der Waals surface area contributed by atoms with Gasteiger partial charge in [-0.05, 0) is 124 Å². The van der Waals surface area contributed by atoms with E-state index in [1.54, 1.807) is 0 Å². The minimum Gasteiger partial charge on any atom is -0.314 e. The first kappa shape index (κ1) is 34.5. The SMILES string of the molecule is CC1CC=CC=C1N(c1ccccc1)c1ccc(-c2cccc(N(c3ccc(-c4ccccc4)cc3)c3cccc4c3C(C)(C)CCC4(C)C)c2)cc1. The molecule has 2 heteroatoms. The summed E-state index contributed by atoms with van der Waals surface area (Å²) in [6, 6.07) is 55.7. The third-order valence-corrected chi connectivity index (χ3v) is 11.5. The molecule has 6 aromatic rings. The molecular formula is C51H50N2. The van der Waals surface area contributed by atoms with E-state index in [1.165, 1.54) is 62.6 Å². The second kappa shape index (κ2) is 14.1. The number of nitrogens with zero attached hydrogens (tertiary/aromatic N) is 2. The average molecular weight is 691 g/mol. The standard InChI is InChI=1S/C51H50N2/c1-37-16-12-13-24-47(37)52(42-20-10-7-11-21-42)43-32-28-40(29-33-43)41-19-14-22-45(36-41)53(44-30-26-39(27-31-44)38-17-8-6-9-18-38)48-25-15-23-46-49(48)51(4,5)35-34-50(46,2)3/h6-15,17-33,36-37H,16,34-35H2,1-5H3. The Morgan fingerprint density at radius 1 is 0.491 bits per heavy atom. The highest BCUT2D eigenvalue weighted by Gasteiger charge is 2.39. The maximum absolute atomic E-state index is 2.50. The Kier molecular flexibility index (Phi) is 9.16. The van der Waals surface area contributed by atoms with Crippen LogP contribution in [0.3, 0.4) is 0 Å². The first-order chi connectivity index (χ1) is 25.7. The van der Waals surface area contributed by atoms with E-state index in [4.69, 9.17) is 0 Å². The lowest BCUT2D eigenvalue weighted by atomic mass is 9.62. The van der Waals surface area contributed by atoms with Crippen LogP contribution in [0.25, 0.3) is 22.3 Å². The van der Waals surface area contributed by atoms with Crippen LogP contribution >= 0.6 is 0 Å². The minimum absolute atomic E-state index is 0.0445. The van der Waals surface area contributed by atoms with Crippen molar-refractivity contribution < 1.29 is 0 Å². The number of para-hydroxylation sites is 1. The fourth-order valence-electron chi connectivity index (χ4n) is 8.43. The summed E-state index contributed by atoms with van der Waals surface area (Å²) in [6.45, 7) is 12.0. The van der Waals surface area contributed by atoms with Crippen molar-refractivity contribution >= 4 is 28.4 Å². The van der Waals surface area contributed by atoms with E-state index in [1.807, 2.05) is 0 Å². The number of benzene rings is 6. The summed E-state index contributed by atoms with van der Waals surface area (Å²) in [7, 11) is 0. The zero-order valence-electron chi connectivity index (χ0n) is 31.8. The lowest BCUT2D eigenvalue weighted by Crippen LogP contribution is -2.35. The molecule has 0 N–H and O–H groups in total. The van der Waals surface area contributed by atoms with Crippen LogP contribution in [0.15, 0.2) is 176 Å². The van der Waals surface area contributed by atoms with Crippen LogP contribution in [0.2, 0.25) is 0 Å². The lowest BCUT2D eigenvalue weighted by molar-refractivity contribution is 0.332. The van der Waals surface area contributed by atoms with Gasteiger partial charge in [0.1, 0.15) is 0 Å². The van der Waals surface area contributed by atoms with Gasteiger partial charge in [0.2, 0.25) is 0 Å². The third kappa shape index (κ3) is 6.75. The molecule has 1 unspecified atom stereocenters. The molecule has 8 rings (SSSR count). The molecule has 2 aliphatic carbocycles. The second-order valence-electron chi connectivity index (χ2n) is 16.1. The molecule has 0 aliphatic heterocycles. The highest BCUT2D eigenvalue weighted by Crippen LogP contribution is 2.52. The molecule has 0 bridgehead atoms. The van der Waals surface area contributed by atoms with E-state index in [0.717, 1.165) is 24.2 Å². The number of rotatable bonds is 8. The molecule has 0 fully saturated rings. The van der Waals surface area contributed by atoms with Gasteiger partial charge < -0.3 is 9.80 Å². The average Bonchev–Trinajstić information content (AvgIpc) is 3.19. The van der Waals surface area contributed by atoms with Crippen molar-refractivity contribution in [1.29, 1.82) is 0 Å². The molecule has 53 heavy (non-hydrogen) atoms. The van der Waals surface area contributed by atoms with Crippen molar-refractivity contribution in [3.05, 3.63) is 187 Å². The predicted molar refractivity (Wildman–Crippen MR) is 227 cm³/mol. The molecule has 0 saturated carbocycles. The van der Waals surface area contributed by atoms with Gasteiger partial charge in [-0.15, -0.1) is 0 Å². The third-order valence-electron chi connectivity index (χ3n) is 11.5. The van der Waals surface area contributed by atoms with Gasteiger partial charge in [-0.1, -0.05) is 144 Å². The molecule has 2 nitrogen and oxygen atoms in total. The Bertz CT molecular complexity index is 2260. The Hall–Kier alpha value is -5.60. The molecule has 0 radical (unpaired) electrons. The minimum atomic E-state index is 0.0445. The second-order valence-corrected chi connectivity index (χ2v) is 16.1. The van der Waals surface area contributed by atoms with Gasteiger partial charge in [-0.3, -0.25) is 0 Å². The fourth-order valence-corrected chi connectivity index (χ4v) is 8.43. The Balaban J connectivity index is 1.22. The molecule has 0 saturated heterocycles. The number of anilines is 5. The summed E-state index contributed by atoms with van der Waals surface area (Å²) in [5.74, 6) is 0.434. The summed E-state index contributed by atoms with van der Waals surface area (Å²) in [4.78, 5) is 4.91. The maximum Gasteiger partial charge on any atom is 0.0502 e. The molecular weight excluding hydrogens is 641 g/mol. The van der Waals surface area contributed by atoms with E-state index >= 15 is 0 Å². The Morgan fingerprint density at radius 3 is 1.70 bits per heavy atom. The summed E-state index contributed by atoms with van der Waals surface area (Å²) < 4.78 is 0. The summed E-state index contributed by atoms with van der Waals surface area (Å²) in [5, 5.41) is 0. The smallest absolute Gasteiger partial charge is 0.0502 e. The van der Waals surface area contributed by atoms with Crippen LogP contribution in [-0.4, -0.2) is 0 Å². The van der Waals surface area contributed by atoms with Crippen molar-refractivity contribution in [2.45, 2.75) is 64.7 Å². The van der Waals surface area contributed by atoms with Crippen molar-refractivity contribution in [2.24, 2.45) is 5.92 Å². The van der Waals surface area contributed by atoms with Gasteiger partial charge in [0.25, 0.3) is 0 Å². The van der Waals surface area contributed by atoms with Crippen LogP contribution in [0.4, 0.5) is 28.4 Å². The number of fused-ring (bicyclic) bond motifs is 1. The van der Waals surface area contributed by atoms with Crippen molar-refractivity contribution in [2.75, 3.05) is 9.80 Å². The van der Waals surface area contributed by atoms with Crippen LogP contribution < -0.4 is 9.80 Å². The summed E-state index contributed by atoms with van der Waals surface area (Å²) in [5.41, 5.74) is 15.2. The van der Waals surface area contributed by atoms with Crippen molar-refractivity contribution in [3.63, 3.8) is 0 Å². The van der Waals surface area contributed by atoms with Gasteiger partial charge in [-0.25, -0.2) is 0 Å². The Morgan fingerprint density at radius 2 is 1.02 bits per heavy atom. The van der Waals surface area contributed by atoms with Crippen molar-refractivity contribution in [1.82, 2.24) is 0 Å².